The van der Waals surface area contributed by atoms with E-state index in [-0.39, 0.29) is 11.7 Å². The molecule has 0 N–H and O–H groups in total. The summed E-state index contributed by atoms with van der Waals surface area (Å²) >= 11 is 1.36. The van der Waals surface area contributed by atoms with E-state index in [9.17, 15) is 4.79 Å². The van der Waals surface area contributed by atoms with Crippen LogP contribution in [0.3, 0.4) is 0 Å². The van der Waals surface area contributed by atoms with E-state index in [4.69, 9.17) is 9.84 Å². The molecule has 5 heterocycles. The number of hydrogen-bond donors (Lipinski definition) is 0. The number of nitrogens with zero attached hydrogens (tertiary/aromatic N) is 7. The zero-order valence-corrected chi connectivity index (χ0v) is 21.5. The van der Waals surface area contributed by atoms with Crippen LogP contribution in [0.25, 0.3) is 23.0 Å². The Labute approximate surface area is 218 Å². The van der Waals surface area contributed by atoms with Crippen LogP contribution in [0.15, 0.2) is 46.4 Å². The van der Waals surface area contributed by atoms with Crippen molar-refractivity contribution in [3.63, 3.8) is 0 Å². The number of benzene rings is 1. The molecule has 192 valence electrons. The maximum absolute atomic E-state index is 15.2. The fourth-order valence-electron chi connectivity index (χ4n) is 4.81. The summed E-state index contributed by atoms with van der Waals surface area (Å²) < 4.78 is 22.3. The fourth-order valence-corrected chi connectivity index (χ4v) is 5.76. The van der Waals surface area contributed by atoms with E-state index in [2.05, 4.69) is 31.6 Å². The van der Waals surface area contributed by atoms with Gasteiger partial charge < -0.3 is 19.4 Å². The summed E-state index contributed by atoms with van der Waals surface area (Å²) in [5.41, 5.74) is 3.26. The van der Waals surface area contributed by atoms with Crippen LogP contribution in [0, 0.1) is 5.82 Å². The molecule has 37 heavy (non-hydrogen) atoms. The van der Waals surface area contributed by atoms with Gasteiger partial charge in [0.1, 0.15) is 5.82 Å². The van der Waals surface area contributed by atoms with Gasteiger partial charge in [-0.1, -0.05) is 13.0 Å². The number of rotatable bonds is 4. The van der Waals surface area contributed by atoms with Gasteiger partial charge in [0.2, 0.25) is 0 Å². The Hall–Kier alpha value is -3.28. The number of halogens is 1. The van der Waals surface area contributed by atoms with Crippen LogP contribution >= 0.6 is 11.8 Å². The van der Waals surface area contributed by atoms with Gasteiger partial charge in [-0.15, -0.1) is 0 Å². The second-order valence-electron chi connectivity index (χ2n) is 9.17. The van der Waals surface area contributed by atoms with Gasteiger partial charge in [0.15, 0.2) is 10.8 Å². The molecule has 1 aromatic carbocycles. The average Bonchev–Trinajstić information content (AvgIpc) is 3.52. The number of amides is 1. The van der Waals surface area contributed by atoms with Crippen LogP contribution in [-0.2, 0) is 9.53 Å². The van der Waals surface area contributed by atoms with Crippen molar-refractivity contribution in [3.05, 3.63) is 52.9 Å². The van der Waals surface area contributed by atoms with E-state index in [1.165, 1.54) is 11.8 Å². The first-order chi connectivity index (χ1) is 18.1. The molecule has 0 spiro atoms. The van der Waals surface area contributed by atoms with Gasteiger partial charge in [0.05, 0.1) is 41.4 Å². The Bertz CT molecular complexity index is 1390. The smallest absolute Gasteiger partial charge is 0.286 e. The van der Waals surface area contributed by atoms with E-state index in [0.29, 0.717) is 51.6 Å². The second kappa shape index (κ2) is 10.2. The Morgan fingerprint density at radius 3 is 2.62 bits per heavy atom. The summed E-state index contributed by atoms with van der Waals surface area (Å²) in [4.78, 5) is 28.3. The van der Waals surface area contributed by atoms with Crippen LogP contribution in [0.1, 0.15) is 12.6 Å². The number of aliphatic imine (C=N–C) groups is 1. The van der Waals surface area contributed by atoms with Crippen molar-refractivity contribution in [2.45, 2.75) is 6.92 Å². The van der Waals surface area contributed by atoms with E-state index < -0.39 is 0 Å². The highest BCUT2D eigenvalue weighted by atomic mass is 32.2. The number of carbonyl (C=O) groups is 1. The molecule has 3 aliphatic heterocycles. The third-order valence-electron chi connectivity index (χ3n) is 6.96. The van der Waals surface area contributed by atoms with E-state index >= 15 is 4.39 Å². The lowest BCUT2D eigenvalue weighted by atomic mass is 10.1. The number of fused-ring (bicyclic) bond motifs is 1. The highest BCUT2D eigenvalue weighted by Gasteiger charge is 2.27. The lowest BCUT2D eigenvalue weighted by Gasteiger charge is -2.35. The van der Waals surface area contributed by atoms with Crippen LogP contribution in [0.2, 0.25) is 0 Å². The normalized spacial score (nSPS) is 20.3. The number of imidazole rings is 1. The van der Waals surface area contributed by atoms with E-state index in [1.54, 1.807) is 22.9 Å². The van der Waals surface area contributed by atoms with Crippen molar-refractivity contribution < 1.29 is 13.9 Å². The lowest BCUT2D eigenvalue weighted by Crippen LogP contribution is -2.46. The predicted octanol–water partition coefficient (Wildman–Crippen LogP) is 2.98. The number of anilines is 1. The predicted molar refractivity (Wildman–Crippen MR) is 143 cm³/mol. The Morgan fingerprint density at radius 1 is 1.05 bits per heavy atom. The van der Waals surface area contributed by atoms with Crippen molar-refractivity contribution in [1.82, 2.24) is 24.4 Å². The summed E-state index contributed by atoms with van der Waals surface area (Å²) in [6, 6.07) is 8.97. The Morgan fingerprint density at radius 2 is 1.86 bits per heavy atom. The van der Waals surface area contributed by atoms with Crippen LogP contribution in [0.5, 0.6) is 0 Å². The number of amidine groups is 1. The molecule has 9 nitrogen and oxygen atoms in total. The molecule has 2 fully saturated rings. The summed E-state index contributed by atoms with van der Waals surface area (Å²) in [6.45, 7) is 9.37. The van der Waals surface area contributed by atoms with E-state index in [0.717, 1.165) is 45.8 Å². The molecule has 2 saturated heterocycles. The SMILES string of the molecule is CCN1CCN(c2ccc(-c3cnc4ccc(/C=C5\SC(N6CCOCC6)=NC5=O)nn34)cc2F)CC1. The molecule has 0 bridgehead atoms. The van der Waals surface area contributed by atoms with Crippen molar-refractivity contribution >= 4 is 40.2 Å². The minimum Gasteiger partial charge on any atom is -0.378 e. The molecule has 0 atom stereocenters. The molecule has 2 aromatic heterocycles. The summed E-state index contributed by atoms with van der Waals surface area (Å²) in [5, 5.41) is 5.40. The summed E-state index contributed by atoms with van der Waals surface area (Å²) in [6.07, 6.45) is 3.44. The maximum Gasteiger partial charge on any atom is 0.286 e. The van der Waals surface area contributed by atoms with Crippen LogP contribution in [0.4, 0.5) is 10.1 Å². The third kappa shape index (κ3) is 4.86. The van der Waals surface area contributed by atoms with Crippen molar-refractivity contribution in [2.75, 3.05) is 63.9 Å². The number of ether oxygens (including phenoxy) is 1. The largest absolute Gasteiger partial charge is 0.378 e. The minimum atomic E-state index is -0.267. The van der Waals surface area contributed by atoms with Crippen molar-refractivity contribution in [1.29, 1.82) is 0 Å². The highest BCUT2D eigenvalue weighted by Crippen LogP contribution is 2.31. The number of hydrogen-bond acceptors (Lipinski definition) is 8. The maximum atomic E-state index is 15.2. The first-order valence-corrected chi connectivity index (χ1v) is 13.4. The van der Waals surface area contributed by atoms with E-state index in [1.807, 2.05) is 24.3 Å². The highest BCUT2D eigenvalue weighted by molar-refractivity contribution is 8.18. The zero-order chi connectivity index (χ0) is 25.4. The number of piperazine rings is 1. The average molecular weight is 522 g/mol. The second-order valence-corrected chi connectivity index (χ2v) is 10.2. The van der Waals surface area contributed by atoms with Gasteiger partial charge in [-0.05, 0) is 48.6 Å². The number of carbonyl (C=O) groups excluding carboxylic acids is 1. The first-order valence-electron chi connectivity index (χ1n) is 12.6. The summed E-state index contributed by atoms with van der Waals surface area (Å²) in [7, 11) is 0. The molecule has 0 unspecified atom stereocenters. The van der Waals surface area contributed by atoms with Crippen LogP contribution < -0.4 is 4.90 Å². The van der Waals surface area contributed by atoms with Gasteiger partial charge in [-0.25, -0.2) is 13.9 Å². The Balaban J connectivity index is 1.24. The Kier molecular flexibility index (Phi) is 6.66. The first kappa shape index (κ1) is 24.1. The monoisotopic (exact) mass is 521 g/mol. The number of likely N-dealkylation sites (N-methyl/N-ethyl adjacent to an activating group) is 1. The minimum absolute atomic E-state index is 0.253. The van der Waals surface area contributed by atoms with Crippen molar-refractivity contribution in [2.24, 2.45) is 4.99 Å². The zero-order valence-electron chi connectivity index (χ0n) is 20.6. The third-order valence-corrected chi connectivity index (χ3v) is 8.00. The molecular weight excluding hydrogens is 493 g/mol. The van der Waals surface area contributed by atoms with Gasteiger partial charge in [0, 0.05) is 44.8 Å². The molecular formula is C26H28FN7O2S. The quantitative estimate of drug-likeness (QED) is 0.485. The topological polar surface area (TPSA) is 78.6 Å². The van der Waals surface area contributed by atoms with Gasteiger partial charge in [-0.3, -0.25) is 4.79 Å². The standard InChI is InChI=1S/C26H28FN7O2S/c1-2-31-7-9-32(10-8-31)21-5-3-18(15-20(21)27)22-17-28-24-6-4-19(30-34(22)24)16-23-25(35)29-26(37-23)33-11-13-36-14-12-33/h3-6,15-17H,2,7-14H2,1H3/b23-16-. The van der Waals surface area contributed by atoms with Gasteiger partial charge in [-0.2, -0.15) is 10.1 Å². The van der Waals surface area contributed by atoms with Gasteiger partial charge >= 0.3 is 0 Å². The molecule has 0 aliphatic carbocycles. The fraction of sp³-hybridized carbons (Fsp3) is 0.385. The summed E-state index contributed by atoms with van der Waals surface area (Å²) in [5.74, 6) is -0.520. The molecule has 3 aliphatic rings. The lowest BCUT2D eigenvalue weighted by molar-refractivity contribution is -0.113. The number of aromatic nitrogens is 3. The molecule has 6 rings (SSSR count). The molecule has 0 radical (unpaired) electrons. The molecule has 1 amide bonds. The van der Waals surface area contributed by atoms with Crippen LogP contribution in [-0.4, -0.2) is 94.5 Å². The number of thioether (sulfide) groups is 1. The number of morpholine rings is 1. The molecule has 11 heteroatoms. The molecule has 3 aromatic rings. The molecule has 0 saturated carbocycles. The van der Waals surface area contributed by atoms with Gasteiger partial charge in [0.25, 0.3) is 5.91 Å². The van der Waals surface area contributed by atoms with Crippen molar-refractivity contribution in [3.8, 4) is 11.3 Å².